The maximum atomic E-state index is 12.4. The van der Waals surface area contributed by atoms with E-state index < -0.39 is 6.43 Å². The highest BCUT2D eigenvalue weighted by Gasteiger charge is 2.15. The van der Waals surface area contributed by atoms with Crippen molar-refractivity contribution in [1.29, 1.82) is 0 Å². The van der Waals surface area contributed by atoms with Crippen LogP contribution in [0.15, 0.2) is 6.07 Å². The first-order valence-electron chi connectivity index (χ1n) is 3.56. The molecule has 1 aromatic rings. The molecule has 0 N–H and O–H groups in total. The summed E-state index contributed by atoms with van der Waals surface area (Å²) in [6, 6.07) is 1.72. The molecule has 1 nitrogen and oxygen atoms in total. The maximum absolute atomic E-state index is 12.4. The molecule has 0 bridgehead atoms. The quantitative estimate of drug-likeness (QED) is 0.599. The van der Waals surface area contributed by atoms with Gasteiger partial charge in [0, 0.05) is 3.57 Å². The van der Waals surface area contributed by atoms with E-state index in [9.17, 15) is 8.78 Å². The van der Waals surface area contributed by atoms with Crippen molar-refractivity contribution < 1.29 is 8.78 Å². The van der Waals surface area contributed by atoms with Crippen LogP contribution in [0.25, 0.3) is 0 Å². The minimum Gasteiger partial charge on any atom is -0.250 e. The minimum absolute atomic E-state index is 0.163. The number of aromatic nitrogens is 1. The fraction of sp³-hybridized carbons (Fsp3) is 0.375. The number of rotatable bonds is 2. The first kappa shape index (κ1) is 11.1. The van der Waals surface area contributed by atoms with Gasteiger partial charge in [-0.05, 0) is 41.1 Å². The summed E-state index contributed by atoms with van der Waals surface area (Å²) in [5, 5.41) is 0. The Bertz CT molecular complexity index is 317. The van der Waals surface area contributed by atoms with Gasteiger partial charge in [-0.25, -0.2) is 8.78 Å². The zero-order valence-electron chi connectivity index (χ0n) is 6.82. The van der Waals surface area contributed by atoms with Gasteiger partial charge < -0.3 is 0 Å². The van der Waals surface area contributed by atoms with Crippen molar-refractivity contribution >= 4 is 34.2 Å². The van der Waals surface area contributed by atoms with Crippen LogP contribution < -0.4 is 0 Å². The van der Waals surface area contributed by atoms with Gasteiger partial charge in [0.15, 0.2) is 0 Å². The highest BCUT2D eigenvalue weighted by atomic mass is 127. The molecule has 0 aliphatic rings. The zero-order chi connectivity index (χ0) is 10.0. The highest BCUT2D eigenvalue weighted by Crippen LogP contribution is 2.25. The lowest BCUT2D eigenvalue weighted by Gasteiger charge is -2.07. The van der Waals surface area contributed by atoms with Gasteiger partial charge in [-0.1, -0.05) is 0 Å². The van der Waals surface area contributed by atoms with Gasteiger partial charge in [0.25, 0.3) is 6.43 Å². The van der Waals surface area contributed by atoms with Crippen molar-refractivity contribution in [3.63, 3.8) is 0 Å². The molecule has 0 saturated carbocycles. The molecule has 5 heteroatoms. The van der Waals surface area contributed by atoms with E-state index in [0.717, 1.165) is 3.57 Å². The van der Waals surface area contributed by atoms with Gasteiger partial charge in [-0.2, -0.15) is 0 Å². The SMILES string of the molecule is Cc1c(I)cc(CCl)nc1C(F)F. The topological polar surface area (TPSA) is 12.9 Å². The normalized spacial score (nSPS) is 10.9. The van der Waals surface area contributed by atoms with Gasteiger partial charge in [0.1, 0.15) is 5.69 Å². The summed E-state index contributed by atoms with van der Waals surface area (Å²) in [5.74, 6) is 0.163. The monoisotopic (exact) mass is 317 g/mol. The molecule has 0 radical (unpaired) electrons. The van der Waals surface area contributed by atoms with Crippen LogP contribution in [0, 0.1) is 10.5 Å². The molecule has 0 aliphatic heterocycles. The molecular weight excluding hydrogens is 310 g/mol. The third kappa shape index (κ3) is 2.49. The van der Waals surface area contributed by atoms with Crippen molar-refractivity contribution in [3.05, 3.63) is 26.6 Å². The molecule has 1 rings (SSSR count). The van der Waals surface area contributed by atoms with E-state index in [2.05, 4.69) is 4.98 Å². The number of nitrogens with zero attached hydrogens (tertiary/aromatic N) is 1. The Morgan fingerprint density at radius 1 is 1.62 bits per heavy atom. The van der Waals surface area contributed by atoms with Crippen molar-refractivity contribution in [2.24, 2.45) is 0 Å². The van der Waals surface area contributed by atoms with Crippen LogP contribution in [0.4, 0.5) is 8.78 Å². The van der Waals surface area contributed by atoms with Gasteiger partial charge in [-0.15, -0.1) is 11.6 Å². The molecular formula is C8H7ClF2IN. The lowest BCUT2D eigenvalue weighted by atomic mass is 10.2. The van der Waals surface area contributed by atoms with Crippen molar-refractivity contribution in [2.75, 3.05) is 0 Å². The molecule has 0 aromatic carbocycles. The fourth-order valence-electron chi connectivity index (χ4n) is 0.929. The second-order valence-corrected chi connectivity index (χ2v) is 3.97. The van der Waals surface area contributed by atoms with Gasteiger partial charge >= 0.3 is 0 Å². The molecule has 0 fully saturated rings. The summed E-state index contributed by atoms with van der Waals surface area (Å²) < 4.78 is 25.6. The standard InChI is InChI=1S/C8H7ClF2IN/c1-4-6(12)2-5(3-9)13-7(4)8(10)11/h2,8H,3H2,1H3. The number of pyridine rings is 1. The van der Waals surface area contributed by atoms with Crippen molar-refractivity contribution in [3.8, 4) is 0 Å². The third-order valence-electron chi connectivity index (χ3n) is 1.64. The zero-order valence-corrected chi connectivity index (χ0v) is 9.73. The van der Waals surface area contributed by atoms with Crippen LogP contribution in [0.3, 0.4) is 0 Å². The van der Waals surface area contributed by atoms with Gasteiger partial charge in [0.2, 0.25) is 0 Å². The molecule has 13 heavy (non-hydrogen) atoms. The molecule has 0 amide bonds. The van der Waals surface area contributed by atoms with Gasteiger partial charge in [0.05, 0.1) is 11.6 Å². The summed E-state index contributed by atoms with van der Waals surface area (Å²) in [5.41, 5.74) is 0.860. The molecule has 0 saturated heterocycles. The Balaban J connectivity index is 3.25. The number of alkyl halides is 3. The summed E-state index contributed by atoms with van der Waals surface area (Å²) in [4.78, 5) is 3.76. The van der Waals surface area contributed by atoms with Crippen LogP contribution in [0.5, 0.6) is 0 Å². The summed E-state index contributed by atoms with van der Waals surface area (Å²) in [6.45, 7) is 1.63. The Hall–Kier alpha value is 0.0300. The Labute approximate surface area is 93.6 Å². The molecule has 1 aromatic heterocycles. The summed E-state index contributed by atoms with van der Waals surface area (Å²) >= 11 is 7.52. The van der Waals surface area contributed by atoms with Gasteiger partial charge in [-0.3, -0.25) is 4.98 Å². The van der Waals surface area contributed by atoms with Crippen LogP contribution in [-0.4, -0.2) is 4.98 Å². The maximum Gasteiger partial charge on any atom is 0.280 e. The molecule has 0 unspecified atom stereocenters. The molecule has 0 atom stereocenters. The molecule has 0 spiro atoms. The Morgan fingerprint density at radius 3 is 2.69 bits per heavy atom. The summed E-state index contributed by atoms with van der Waals surface area (Å²) in [7, 11) is 0. The van der Waals surface area contributed by atoms with Crippen molar-refractivity contribution in [1.82, 2.24) is 4.98 Å². The minimum atomic E-state index is -2.53. The van der Waals surface area contributed by atoms with Crippen LogP contribution in [0.1, 0.15) is 23.4 Å². The lowest BCUT2D eigenvalue weighted by Crippen LogP contribution is -2.00. The Kier molecular flexibility index (Phi) is 3.85. The fourth-order valence-corrected chi connectivity index (χ4v) is 1.70. The second-order valence-electron chi connectivity index (χ2n) is 2.54. The predicted molar refractivity (Wildman–Crippen MR) is 56.2 cm³/mol. The van der Waals surface area contributed by atoms with Crippen LogP contribution in [-0.2, 0) is 5.88 Å². The van der Waals surface area contributed by atoms with Crippen molar-refractivity contribution in [2.45, 2.75) is 19.2 Å². The number of halogens is 4. The third-order valence-corrected chi connectivity index (χ3v) is 3.04. The average molecular weight is 318 g/mol. The van der Waals surface area contributed by atoms with E-state index in [0.29, 0.717) is 11.3 Å². The first-order valence-corrected chi connectivity index (χ1v) is 5.17. The largest absolute Gasteiger partial charge is 0.280 e. The number of hydrogen-bond donors (Lipinski definition) is 0. The van der Waals surface area contributed by atoms with E-state index in [1.807, 2.05) is 22.6 Å². The Morgan fingerprint density at radius 2 is 2.23 bits per heavy atom. The van der Waals surface area contributed by atoms with E-state index in [1.54, 1.807) is 13.0 Å². The molecule has 72 valence electrons. The van der Waals surface area contributed by atoms with Crippen LogP contribution >= 0.6 is 34.2 Å². The van der Waals surface area contributed by atoms with Crippen LogP contribution in [0.2, 0.25) is 0 Å². The average Bonchev–Trinajstić information content (AvgIpc) is 2.09. The van der Waals surface area contributed by atoms with E-state index >= 15 is 0 Å². The smallest absolute Gasteiger partial charge is 0.250 e. The lowest BCUT2D eigenvalue weighted by molar-refractivity contribution is 0.145. The van der Waals surface area contributed by atoms with E-state index in [-0.39, 0.29) is 11.6 Å². The van der Waals surface area contributed by atoms with E-state index in [1.165, 1.54) is 0 Å². The second kappa shape index (κ2) is 4.50. The molecule has 0 aliphatic carbocycles. The van der Waals surface area contributed by atoms with E-state index in [4.69, 9.17) is 11.6 Å². The number of hydrogen-bond acceptors (Lipinski definition) is 1. The first-order chi connectivity index (χ1) is 6.06. The highest BCUT2D eigenvalue weighted by molar-refractivity contribution is 14.1. The summed E-state index contributed by atoms with van der Waals surface area (Å²) in [6.07, 6.45) is -2.53. The molecule has 1 heterocycles. The predicted octanol–water partition coefficient (Wildman–Crippen LogP) is 3.67.